The van der Waals surface area contributed by atoms with Crippen LogP contribution >= 0.6 is 15.9 Å². The van der Waals surface area contributed by atoms with Crippen LogP contribution in [0.25, 0.3) is 0 Å². The van der Waals surface area contributed by atoms with E-state index in [0.29, 0.717) is 12.6 Å². The summed E-state index contributed by atoms with van der Waals surface area (Å²) in [6.07, 6.45) is 0.978. The molecule has 0 aliphatic carbocycles. The molecule has 0 atom stereocenters. The standard InChI is InChI=1S/C14H22BrNO2/c1-5-6-18-14-12(15)7-11(8-13(14)17-4)9-16-10(2)3/h7-8,10,16H,5-6,9H2,1-4H3. The van der Waals surface area contributed by atoms with Crippen LogP contribution in [0.2, 0.25) is 0 Å². The van der Waals surface area contributed by atoms with Crippen LogP contribution in [-0.2, 0) is 6.54 Å². The van der Waals surface area contributed by atoms with Crippen LogP contribution in [0, 0.1) is 0 Å². The number of halogens is 1. The summed E-state index contributed by atoms with van der Waals surface area (Å²) >= 11 is 3.54. The third kappa shape index (κ3) is 4.50. The van der Waals surface area contributed by atoms with E-state index in [9.17, 15) is 0 Å². The summed E-state index contributed by atoms with van der Waals surface area (Å²) in [5, 5.41) is 3.39. The number of benzene rings is 1. The average Bonchev–Trinajstić information content (AvgIpc) is 2.34. The van der Waals surface area contributed by atoms with Crippen LogP contribution in [0.1, 0.15) is 32.8 Å². The maximum Gasteiger partial charge on any atom is 0.175 e. The van der Waals surface area contributed by atoms with Gasteiger partial charge in [-0.3, -0.25) is 0 Å². The van der Waals surface area contributed by atoms with E-state index >= 15 is 0 Å². The lowest BCUT2D eigenvalue weighted by molar-refractivity contribution is 0.292. The molecule has 0 aliphatic rings. The Kier molecular flexibility index (Phi) is 6.50. The summed E-state index contributed by atoms with van der Waals surface area (Å²) in [5.74, 6) is 1.56. The molecule has 1 rings (SSSR count). The minimum atomic E-state index is 0.464. The average molecular weight is 316 g/mol. The SMILES string of the molecule is CCCOc1c(Br)cc(CNC(C)C)cc1OC. The molecule has 3 nitrogen and oxygen atoms in total. The van der Waals surface area contributed by atoms with Crippen molar-refractivity contribution in [3.63, 3.8) is 0 Å². The molecule has 0 unspecified atom stereocenters. The van der Waals surface area contributed by atoms with Gasteiger partial charge in [-0.25, -0.2) is 0 Å². The fraction of sp³-hybridized carbons (Fsp3) is 0.571. The first kappa shape index (κ1) is 15.3. The molecule has 18 heavy (non-hydrogen) atoms. The van der Waals surface area contributed by atoms with Gasteiger partial charge >= 0.3 is 0 Å². The van der Waals surface area contributed by atoms with E-state index in [1.807, 2.05) is 6.07 Å². The highest BCUT2D eigenvalue weighted by Gasteiger charge is 2.11. The second kappa shape index (κ2) is 7.64. The van der Waals surface area contributed by atoms with E-state index in [4.69, 9.17) is 9.47 Å². The normalized spacial score (nSPS) is 10.8. The van der Waals surface area contributed by atoms with Crippen molar-refractivity contribution in [2.45, 2.75) is 39.8 Å². The number of nitrogens with one attached hydrogen (secondary N) is 1. The fourth-order valence-corrected chi connectivity index (χ4v) is 2.15. The zero-order valence-corrected chi connectivity index (χ0v) is 13.1. The first-order valence-electron chi connectivity index (χ1n) is 6.31. The largest absolute Gasteiger partial charge is 0.493 e. The molecular weight excluding hydrogens is 294 g/mol. The van der Waals surface area contributed by atoms with Crippen molar-refractivity contribution in [1.82, 2.24) is 5.32 Å². The smallest absolute Gasteiger partial charge is 0.175 e. The monoisotopic (exact) mass is 315 g/mol. The Morgan fingerprint density at radius 2 is 2.06 bits per heavy atom. The topological polar surface area (TPSA) is 30.5 Å². The molecule has 0 spiro atoms. The Balaban J connectivity index is 2.88. The summed E-state index contributed by atoms with van der Waals surface area (Å²) in [6, 6.07) is 4.55. The predicted molar refractivity (Wildman–Crippen MR) is 78.5 cm³/mol. The van der Waals surface area contributed by atoms with Crippen LogP contribution in [0.4, 0.5) is 0 Å². The zero-order chi connectivity index (χ0) is 13.5. The van der Waals surface area contributed by atoms with Gasteiger partial charge in [0.05, 0.1) is 18.2 Å². The van der Waals surface area contributed by atoms with Crippen LogP contribution in [0.15, 0.2) is 16.6 Å². The Morgan fingerprint density at radius 3 is 2.61 bits per heavy atom. The predicted octanol–water partition coefficient (Wildman–Crippen LogP) is 3.74. The third-order valence-corrected chi connectivity index (χ3v) is 3.04. The molecule has 0 amide bonds. The Labute approximate surface area is 118 Å². The summed E-state index contributed by atoms with van der Waals surface area (Å²) in [4.78, 5) is 0. The van der Waals surface area contributed by atoms with Gasteiger partial charge in [0.15, 0.2) is 11.5 Å². The van der Waals surface area contributed by atoms with E-state index in [1.54, 1.807) is 7.11 Å². The molecule has 0 bridgehead atoms. The van der Waals surface area contributed by atoms with Gasteiger partial charge in [0.25, 0.3) is 0 Å². The van der Waals surface area contributed by atoms with Crippen LogP contribution in [-0.4, -0.2) is 19.8 Å². The molecule has 1 aromatic carbocycles. The molecule has 1 aromatic rings. The van der Waals surface area contributed by atoms with Gasteiger partial charge in [0, 0.05) is 12.6 Å². The van der Waals surface area contributed by atoms with E-state index in [0.717, 1.165) is 28.9 Å². The first-order valence-corrected chi connectivity index (χ1v) is 7.10. The Bertz CT molecular complexity index is 380. The highest BCUT2D eigenvalue weighted by atomic mass is 79.9. The van der Waals surface area contributed by atoms with Crippen molar-refractivity contribution >= 4 is 15.9 Å². The zero-order valence-electron chi connectivity index (χ0n) is 11.5. The number of methoxy groups -OCH3 is 1. The summed E-state index contributed by atoms with van der Waals surface area (Å²) in [7, 11) is 1.67. The van der Waals surface area contributed by atoms with Gasteiger partial charge in [-0.05, 0) is 40.0 Å². The Hall–Kier alpha value is -0.740. The molecule has 102 valence electrons. The summed E-state index contributed by atoms with van der Waals surface area (Å²) in [6.45, 7) is 7.86. The van der Waals surface area contributed by atoms with Gasteiger partial charge in [0.1, 0.15) is 0 Å². The molecule has 0 fully saturated rings. The van der Waals surface area contributed by atoms with E-state index in [2.05, 4.69) is 48.1 Å². The lowest BCUT2D eigenvalue weighted by Gasteiger charge is -2.15. The van der Waals surface area contributed by atoms with Crippen LogP contribution in [0.5, 0.6) is 11.5 Å². The molecule has 0 heterocycles. The van der Waals surface area contributed by atoms with Crippen LogP contribution < -0.4 is 14.8 Å². The third-order valence-electron chi connectivity index (χ3n) is 2.45. The minimum absolute atomic E-state index is 0.464. The van der Waals surface area contributed by atoms with Gasteiger partial charge in [-0.15, -0.1) is 0 Å². The highest BCUT2D eigenvalue weighted by Crippen LogP contribution is 2.36. The summed E-state index contributed by atoms with van der Waals surface area (Å²) in [5.41, 5.74) is 1.18. The van der Waals surface area contributed by atoms with Crippen molar-refractivity contribution in [2.24, 2.45) is 0 Å². The molecular formula is C14H22BrNO2. The molecule has 0 aliphatic heterocycles. The van der Waals surface area contributed by atoms with Gasteiger partial charge in [-0.1, -0.05) is 20.8 Å². The van der Waals surface area contributed by atoms with Crippen molar-refractivity contribution in [2.75, 3.05) is 13.7 Å². The van der Waals surface area contributed by atoms with Gasteiger partial charge in [-0.2, -0.15) is 0 Å². The van der Waals surface area contributed by atoms with E-state index in [-0.39, 0.29) is 0 Å². The number of hydrogen-bond donors (Lipinski definition) is 1. The Morgan fingerprint density at radius 1 is 1.33 bits per heavy atom. The first-order chi connectivity index (χ1) is 8.58. The lowest BCUT2D eigenvalue weighted by Crippen LogP contribution is -2.21. The minimum Gasteiger partial charge on any atom is -0.493 e. The maximum absolute atomic E-state index is 5.70. The molecule has 0 radical (unpaired) electrons. The van der Waals surface area contributed by atoms with Crippen molar-refractivity contribution < 1.29 is 9.47 Å². The van der Waals surface area contributed by atoms with Crippen molar-refractivity contribution in [1.29, 1.82) is 0 Å². The second-order valence-corrected chi connectivity index (χ2v) is 5.35. The quantitative estimate of drug-likeness (QED) is 0.831. The van der Waals surface area contributed by atoms with E-state index in [1.165, 1.54) is 5.56 Å². The van der Waals surface area contributed by atoms with Crippen LogP contribution in [0.3, 0.4) is 0 Å². The highest BCUT2D eigenvalue weighted by molar-refractivity contribution is 9.10. The maximum atomic E-state index is 5.70. The molecule has 0 saturated heterocycles. The summed E-state index contributed by atoms with van der Waals surface area (Å²) < 4.78 is 12.0. The van der Waals surface area contributed by atoms with E-state index < -0.39 is 0 Å². The number of rotatable bonds is 7. The molecule has 0 aromatic heterocycles. The number of ether oxygens (including phenoxy) is 2. The van der Waals surface area contributed by atoms with Crippen molar-refractivity contribution in [3.05, 3.63) is 22.2 Å². The number of hydrogen-bond acceptors (Lipinski definition) is 3. The fourth-order valence-electron chi connectivity index (χ4n) is 1.54. The molecule has 4 heteroatoms. The second-order valence-electron chi connectivity index (χ2n) is 4.49. The molecule has 1 N–H and O–H groups in total. The van der Waals surface area contributed by atoms with Gasteiger partial charge < -0.3 is 14.8 Å². The lowest BCUT2D eigenvalue weighted by atomic mass is 10.2. The van der Waals surface area contributed by atoms with Crippen molar-refractivity contribution in [3.8, 4) is 11.5 Å². The van der Waals surface area contributed by atoms with Gasteiger partial charge in [0.2, 0.25) is 0 Å². The molecule has 0 saturated carbocycles.